The maximum atomic E-state index is 12.6. The third-order valence-electron chi connectivity index (χ3n) is 8.72. The average Bonchev–Trinajstić information content (AvgIpc) is 3.18. The maximum absolute atomic E-state index is 12.6. The topological polar surface area (TPSA) is 155 Å². The summed E-state index contributed by atoms with van der Waals surface area (Å²) in [7, 11) is -4.63. The number of hydrogen-bond donors (Lipinski definition) is 3. The normalized spacial score (nSPS) is 14.6. The lowest BCUT2D eigenvalue weighted by Gasteiger charge is -2.20. The summed E-state index contributed by atoms with van der Waals surface area (Å²) in [4.78, 5) is 33.5. The van der Waals surface area contributed by atoms with Crippen molar-refractivity contribution in [2.75, 3.05) is 26.4 Å². The number of unbranched alkanes of at least 4 members (excludes halogenated alkanes) is 14. The minimum absolute atomic E-state index is 0.000214. The Morgan fingerprint density at radius 2 is 1.04 bits per heavy atom. The van der Waals surface area contributed by atoms with Gasteiger partial charge in [-0.2, -0.15) is 0 Å². The fourth-order valence-electron chi connectivity index (χ4n) is 5.37. The molecule has 0 aliphatic heterocycles. The molecule has 0 radical (unpaired) electrons. The number of allylic oxidation sites excluding steroid dienone is 12. The molecule has 0 heterocycles. The molecule has 0 fully saturated rings. The molecule has 0 amide bonds. The van der Waals surface area contributed by atoms with E-state index >= 15 is 0 Å². The van der Waals surface area contributed by atoms with Gasteiger partial charge in [-0.05, 0) is 77.0 Å². The Bertz CT molecular complexity index is 1160. The lowest BCUT2D eigenvalue weighted by Crippen LogP contribution is -2.34. The number of nitrogens with two attached hydrogens (primary N) is 1. The van der Waals surface area contributed by atoms with E-state index in [0.717, 1.165) is 96.3 Å². The van der Waals surface area contributed by atoms with Gasteiger partial charge >= 0.3 is 19.8 Å². The average molecular weight is 808 g/mol. The fraction of sp³-hybridized carbons (Fsp3) is 0.689. The van der Waals surface area contributed by atoms with Crippen molar-refractivity contribution in [2.45, 2.75) is 174 Å². The van der Waals surface area contributed by atoms with Crippen molar-refractivity contribution in [2.24, 2.45) is 5.73 Å². The third kappa shape index (κ3) is 39.6. The van der Waals surface area contributed by atoms with E-state index in [1.165, 1.54) is 38.5 Å². The van der Waals surface area contributed by atoms with Crippen molar-refractivity contribution in [1.82, 2.24) is 0 Å². The molecule has 4 N–H and O–H groups in total. The molecular weight excluding hydrogens is 729 g/mol. The van der Waals surface area contributed by atoms with Crippen molar-refractivity contribution in [3.8, 4) is 0 Å². The van der Waals surface area contributed by atoms with Crippen molar-refractivity contribution in [1.29, 1.82) is 0 Å². The van der Waals surface area contributed by atoms with Gasteiger partial charge in [-0.3, -0.25) is 18.6 Å². The van der Waals surface area contributed by atoms with E-state index < -0.39 is 45.1 Å². The molecule has 0 spiro atoms. The zero-order valence-corrected chi connectivity index (χ0v) is 35.8. The number of carbonyl (C=O) groups excluding carboxylic acids is 1. The molecule has 0 saturated heterocycles. The zero-order valence-electron chi connectivity index (χ0n) is 35.0. The highest BCUT2D eigenvalue weighted by Crippen LogP contribution is 2.43. The number of phosphoric ester groups is 1. The molecule has 3 atom stereocenters. The van der Waals surface area contributed by atoms with Crippen LogP contribution in [0.2, 0.25) is 0 Å². The van der Waals surface area contributed by atoms with Crippen LogP contribution >= 0.6 is 7.82 Å². The Morgan fingerprint density at radius 3 is 1.55 bits per heavy atom. The van der Waals surface area contributed by atoms with Crippen LogP contribution in [0.5, 0.6) is 0 Å². The van der Waals surface area contributed by atoms with Crippen LogP contribution in [0.1, 0.15) is 162 Å². The number of phosphoric acid groups is 1. The molecule has 322 valence electrons. The molecule has 10 nitrogen and oxygen atoms in total. The Hall–Kier alpha value is -2.59. The molecule has 0 aromatic carbocycles. The van der Waals surface area contributed by atoms with Gasteiger partial charge < -0.3 is 25.2 Å². The highest BCUT2D eigenvalue weighted by Gasteiger charge is 2.27. The van der Waals surface area contributed by atoms with Crippen LogP contribution in [0.25, 0.3) is 0 Å². The van der Waals surface area contributed by atoms with Gasteiger partial charge in [0.05, 0.1) is 19.8 Å². The minimum atomic E-state index is -4.63. The first-order valence-electron chi connectivity index (χ1n) is 21.5. The van der Waals surface area contributed by atoms with Gasteiger partial charge in [-0.25, -0.2) is 4.57 Å². The van der Waals surface area contributed by atoms with Crippen molar-refractivity contribution >= 4 is 19.8 Å². The molecule has 56 heavy (non-hydrogen) atoms. The predicted molar refractivity (Wildman–Crippen MR) is 230 cm³/mol. The summed E-state index contributed by atoms with van der Waals surface area (Å²) in [6.45, 7) is 3.67. The monoisotopic (exact) mass is 808 g/mol. The van der Waals surface area contributed by atoms with E-state index in [-0.39, 0.29) is 13.0 Å². The van der Waals surface area contributed by atoms with Crippen LogP contribution in [-0.4, -0.2) is 60.5 Å². The summed E-state index contributed by atoms with van der Waals surface area (Å²) >= 11 is 0. The van der Waals surface area contributed by atoms with Crippen LogP contribution in [-0.2, 0) is 32.7 Å². The number of carboxylic acid groups (broad SMARTS) is 1. The molecule has 0 aliphatic rings. The van der Waals surface area contributed by atoms with E-state index in [1.54, 1.807) is 0 Å². The number of hydrogen-bond acceptors (Lipinski definition) is 8. The highest BCUT2D eigenvalue weighted by molar-refractivity contribution is 7.47. The minimum Gasteiger partial charge on any atom is -0.480 e. The quantitative estimate of drug-likeness (QED) is 0.0236. The molecule has 0 rings (SSSR count). The number of rotatable bonds is 40. The largest absolute Gasteiger partial charge is 0.480 e. The van der Waals surface area contributed by atoms with Crippen LogP contribution in [0, 0.1) is 0 Å². The SMILES string of the molecule is CC/C=C\C/C=C\C/C=C\C/C=C\CCCCCCCCC(=O)OC(COCCCCCCCC/C=C\C/C=C\CCCC)COP(=O)(O)OCC(N)C(=O)O. The van der Waals surface area contributed by atoms with Crippen molar-refractivity contribution in [3.05, 3.63) is 72.9 Å². The number of esters is 1. The molecule has 11 heteroatoms. The zero-order chi connectivity index (χ0) is 41.2. The molecule has 3 unspecified atom stereocenters. The standard InChI is InChI=1S/C45H78NO9P/c1-3-5-7-9-11-13-15-17-19-20-21-22-23-25-27-29-31-33-35-37-44(47)55-42(40-53-56(50,51)54-41-43(46)45(48)49)39-52-38-36-34-32-30-28-26-24-18-16-14-12-10-8-6-4-2/h5,7,10-13,16-19,21-22,42-43H,3-4,6,8-9,14-15,20,23-41,46H2,1-2H3,(H,48,49)(H,50,51)/b7-5-,12-10-,13-11-,18-16-,19-17-,22-21-. The first-order chi connectivity index (χ1) is 27.2. The van der Waals surface area contributed by atoms with Crippen LogP contribution in [0.4, 0.5) is 0 Å². The second-order valence-electron chi connectivity index (χ2n) is 14.1. The first kappa shape index (κ1) is 53.4. The van der Waals surface area contributed by atoms with Gasteiger partial charge in [0.2, 0.25) is 0 Å². The lowest BCUT2D eigenvalue weighted by atomic mass is 10.1. The smallest absolute Gasteiger partial charge is 0.472 e. The van der Waals surface area contributed by atoms with Gasteiger partial charge in [0.1, 0.15) is 12.1 Å². The third-order valence-corrected chi connectivity index (χ3v) is 9.67. The summed E-state index contributed by atoms with van der Waals surface area (Å²) in [5.74, 6) is -1.80. The highest BCUT2D eigenvalue weighted by atomic mass is 31.2. The second kappa shape index (κ2) is 40.6. The Morgan fingerprint density at radius 1 is 0.589 bits per heavy atom. The van der Waals surface area contributed by atoms with Gasteiger partial charge in [-0.15, -0.1) is 0 Å². The first-order valence-corrected chi connectivity index (χ1v) is 23.0. The summed E-state index contributed by atoms with van der Waals surface area (Å²) in [6, 6.07) is -1.48. The summed E-state index contributed by atoms with van der Waals surface area (Å²) in [5, 5.41) is 8.89. The van der Waals surface area contributed by atoms with Crippen LogP contribution < -0.4 is 5.73 Å². The lowest BCUT2D eigenvalue weighted by molar-refractivity contribution is -0.154. The molecular formula is C45H78NO9P. The van der Waals surface area contributed by atoms with Gasteiger partial charge in [0, 0.05) is 13.0 Å². The number of ether oxygens (including phenoxy) is 2. The number of carbonyl (C=O) groups is 2. The van der Waals surface area contributed by atoms with E-state index in [1.807, 2.05) is 0 Å². The van der Waals surface area contributed by atoms with E-state index in [0.29, 0.717) is 13.0 Å². The van der Waals surface area contributed by atoms with Gasteiger partial charge in [-0.1, -0.05) is 151 Å². The van der Waals surface area contributed by atoms with Crippen molar-refractivity contribution in [3.63, 3.8) is 0 Å². The predicted octanol–water partition coefficient (Wildman–Crippen LogP) is 11.8. The number of aliphatic carboxylic acids is 1. The van der Waals surface area contributed by atoms with E-state index in [2.05, 4.69) is 86.8 Å². The molecule has 0 aliphatic carbocycles. The molecule has 0 aromatic rings. The Kier molecular flexibility index (Phi) is 38.7. The fourth-order valence-corrected chi connectivity index (χ4v) is 6.15. The summed E-state index contributed by atoms with van der Waals surface area (Å²) in [5.41, 5.74) is 5.35. The molecule has 0 saturated carbocycles. The molecule has 0 aromatic heterocycles. The number of carboxylic acids is 1. The Balaban J connectivity index is 4.30. The second-order valence-corrected chi connectivity index (χ2v) is 15.5. The van der Waals surface area contributed by atoms with Crippen LogP contribution in [0.3, 0.4) is 0 Å². The van der Waals surface area contributed by atoms with Crippen LogP contribution in [0.15, 0.2) is 72.9 Å². The Labute approximate surface area is 340 Å². The van der Waals surface area contributed by atoms with E-state index in [4.69, 9.17) is 29.4 Å². The molecule has 0 bridgehead atoms. The van der Waals surface area contributed by atoms with Gasteiger partial charge in [0.15, 0.2) is 0 Å². The van der Waals surface area contributed by atoms with Gasteiger partial charge in [0.25, 0.3) is 0 Å². The van der Waals surface area contributed by atoms with E-state index in [9.17, 15) is 19.0 Å². The summed E-state index contributed by atoms with van der Waals surface area (Å²) in [6.07, 6.45) is 49.5. The van der Waals surface area contributed by atoms with Crippen molar-refractivity contribution < 1.29 is 42.7 Å². The summed E-state index contributed by atoms with van der Waals surface area (Å²) < 4.78 is 33.3. The maximum Gasteiger partial charge on any atom is 0.472 e.